The van der Waals surface area contributed by atoms with Crippen LogP contribution in [0.5, 0.6) is 0 Å². The molecule has 1 saturated heterocycles. The lowest BCUT2D eigenvalue weighted by Crippen LogP contribution is -2.47. The molecule has 3 rings (SSSR count). The SMILES string of the molecule is CN(C1CNc2ccccc2C1)C1CCS(=O)(=O)C1. The van der Waals surface area contributed by atoms with Crippen LogP contribution in [-0.2, 0) is 16.3 Å². The number of rotatable bonds is 2. The van der Waals surface area contributed by atoms with Crippen molar-refractivity contribution in [3.05, 3.63) is 29.8 Å². The first-order chi connectivity index (χ1) is 9.05. The number of sulfone groups is 1. The molecule has 2 aliphatic rings. The van der Waals surface area contributed by atoms with Gasteiger partial charge in [0.05, 0.1) is 11.5 Å². The molecule has 1 aromatic rings. The zero-order valence-corrected chi connectivity index (χ0v) is 12.0. The van der Waals surface area contributed by atoms with E-state index in [1.165, 1.54) is 11.3 Å². The van der Waals surface area contributed by atoms with Crippen LogP contribution in [0.2, 0.25) is 0 Å². The number of fused-ring (bicyclic) bond motifs is 1. The average Bonchev–Trinajstić information content (AvgIpc) is 2.78. The van der Waals surface area contributed by atoms with Crippen LogP contribution < -0.4 is 5.32 Å². The van der Waals surface area contributed by atoms with Crippen molar-refractivity contribution in [1.29, 1.82) is 0 Å². The van der Waals surface area contributed by atoms with E-state index in [0.29, 0.717) is 17.5 Å². The maximum absolute atomic E-state index is 11.6. The van der Waals surface area contributed by atoms with Gasteiger partial charge in [0.1, 0.15) is 0 Å². The van der Waals surface area contributed by atoms with Crippen LogP contribution in [0.4, 0.5) is 5.69 Å². The fourth-order valence-corrected chi connectivity index (χ4v) is 4.89. The van der Waals surface area contributed by atoms with Crippen molar-refractivity contribution in [2.75, 3.05) is 30.4 Å². The summed E-state index contributed by atoms with van der Waals surface area (Å²) in [5, 5.41) is 3.45. The Balaban J connectivity index is 1.71. The number of hydrogen-bond acceptors (Lipinski definition) is 4. The lowest BCUT2D eigenvalue weighted by atomic mass is 9.97. The molecule has 0 bridgehead atoms. The largest absolute Gasteiger partial charge is 0.383 e. The zero-order valence-electron chi connectivity index (χ0n) is 11.2. The van der Waals surface area contributed by atoms with Crippen LogP contribution in [-0.4, -0.2) is 50.5 Å². The van der Waals surface area contributed by atoms with Crippen LogP contribution in [0.3, 0.4) is 0 Å². The summed E-state index contributed by atoms with van der Waals surface area (Å²) in [6, 6.07) is 8.91. The van der Waals surface area contributed by atoms with Gasteiger partial charge in [0, 0.05) is 24.3 Å². The maximum Gasteiger partial charge on any atom is 0.151 e. The molecule has 19 heavy (non-hydrogen) atoms. The van der Waals surface area contributed by atoms with Crippen molar-refractivity contribution in [3.8, 4) is 0 Å². The summed E-state index contributed by atoms with van der Waals surface area (Å²) in [5.74, 6) is 0.667. The Morgan fingerprint density at radius 3 is 2.79 bits per heavy atom. The molecule has 0 radical (unpaired) electrons. The molecule has 0 aromatic heterocycles. The minimum absolute atomic E-state index is 0.182. The third-order valence-electron chi connectivity index (χ3n) is 4.36. The van der Waals surface area contributed by atoms with Crippen LogP contribution in [0.15, 0.2) is 24.3 Å². The molecule has 104 valence electrons. The fraction of sp³-hybridized carbons (Fsp3) is 0.571. The number of nitrogens with one attached hydrogen (secondary N) is 1. The van der Waals surface area contributed by atoms with Crippen LogP contribution in [0, 0.1) is 0 Å². The molecule has 0 aliphatic carbocycles. The van der Waals surface area contributed by atoms with Crippen LogP contribution >= 0.6 is 0 Å². The Bertz CT molecular complexity index is 571. The number of nitrogens with zero attached hydrogens (tertiary/aromatic N) is 1. The number of likely N-dealkylation sites (N-methyl/N-ethyl adjacent to an activating group) is 1. The smallest absolute Gasteiger partial charge is 0.151 e. The highest BCUT2D eigenvalue weighted by Crippen LogP contribution is 2.26. The van der Waals surface area contributed by atoms with Crippen LogP contribution in [0.1, 0.15) is 12.0 Å². The van der Waals surface area contributed by atoms with Crippen molar-refractivity contribution < 1.29 is 8.42 Å². The summed E-state index contributed by atoms with van der Waals surface area (Å²) in [6.45, 7) is 0.893. The van der Waals surface area contributed by atoms with Gasteiger partial charge in [-0.1, -0.05) is 18.2 Å². The average molecular weight is 280 g/mol. The summed E-state index contributed by atoms with van der Waals surface area (Å²) in [5.41, 5.74) is 2.54. The maximum atomic E-state index is 11.6. The van der Waals surface area contributed by atoms with Gasteiger partial charge in [0.15, 0.2) is 9.84 Å². The molecule has 1 N–H and O–H groups in total. The van der Waals surface area contributed by atoms with Gasteiger partial charge in [0.2, 0.25) is 0 Å². The van der Waals surface area contributed by atoms with Crippen molar-refractivity contribution in [3.63, 3.8) is 0 Å². The lowest BCUT2D eigenvalue weighted by Gasteiger charge is -2.36. The van der Waals surface area contributed by atoms with Crippen molar-refractivity contribution >= 4 is 15.5 Å². The van der Waals surface area contributed by atoms with E-state index in [-0.39, 0.29) is 6.04 Å². The van der Waals surface area contributed by atoms with Gasteiger partial charge >= 0.3 is 0 Å². The van der Waals surface area contributed by atoms with Gasteiger partial charge in [-0.3, -0.25) is 4.90 Å². The van der Waals surface area contributed by atoms with E-state index < -0.39 is 9.84 Å². The van der Waals surface area contributed by atoms with Crippen molar-refractivity contribution in [2.24, 2.45) is 0 Å². The van der Waals surface area contributed by atoms with E-state index in [9.17, 15) is 8.42 Å². The molecule has 5 heteroatoms. The standard InChI is InChI=1S/C14H20N2O2S/c1-16(12-6-7-19(17,18)10-12)13-8-11-4-2-3-5-14(11)15-9-13/h2-5,12-13,15H,6-10H2,1H3. The molecule has 0 spiro atoms. The topological polar surface area (TPSA) is 49.4 Å². The minimum Gasteiger partial charge on any atom is -0.383 e. The van der Waals surface area contributed by atoms with Crippen LogP contribution in [0.25, 0.3) is 0 Å². The highest BCUT2D eigenvalue weighted by molar-refractivity contribution is 7.91. The first-order valence-electron chi connectivity index (χ1n) is 6.79. The molecule has 4 nitrogen and oxygen atoms in total. The molecule has 2 unspecified atom stereocenters. The second kappa shape index (κ2) is 4.80. The Labute approximate surface area is 114 Å². The molecule has 1 aromatic carbocycles. The van der Waals surface area contributed by atoms with Gasteiger partial charge in [-0.2, -0.15) is 0 Å². The normalized spacial score (nSPS) is 28.9. The molecule has 0 saturated carbocycles. The van der Waals surface area contributed by atoms with E-state index >= 15 is 0 Å². The Hall–Kier alpha value is -1.07. The second-order valence-electron chi connectivity index (χ2n) is 5.62. The molecule has 1 fully saturated rings. The summed E-state index contributed by atoms with van der Waals surface area (Å²) in [6.07, 6.45) is 1.77. The second-order valence-corrected chi connectivity index (χ2v) is 7.85. The molecular weight excluding hydrogens is 260 g/mol. The number of para-hydroxylation sites is 1. The van der Waals surface area contributed by atoms with Gasteiger partial charge < -0.3 is 5.32 Å². The van der Waals surface area contributed by atoms with Gasteiger partial charge in [-0.05, 0) is 31.5 Å². The van der Waals surface area contributed by atoms with E-state index in [1.807, 2.05) is 6.07 Å². The predicted molar refractivity (Wildman–Crippen MR) is 77.2 cm³/mol. The van der Waals surface area contributed by atoms with E-state index in [2.05, 4.69) is 35.5 Å². The van der Waals surface area contributed by atoms with Gasteiger partial charge in [-0.25, -0.2) is 8.42 Å². The Morgan fingerprint density at radius 2 is 2.05 bits per heavy atom. The summed E-state index contributed by atoms with van der Waals surface area (Å²) >= 11 is 0. The minimum atomic E-state index is -2.80. The van der Waals surface area contributed by atoms with Crippen molar-refractivity contribution in [2.45, 2.75) is 24.9 Å². The predicted octanol–water partition coefficient (Wildman–Crippen LogP) is 1.14. The monoisotopic (exact) mass is 280 g/mol. The van der Waals surface area contributed by atoms with Gasteiger partial charge in [-0.15, -0.1) is 0 Å². The molecule has 0 amide bonds. The van der Waals surface area contributed by atoms with Gasteiger partial charge in [0.25, 0.3) is 0 Å². The quantitative estimate of drug-likeness (QED) is 0.882. The van der Waals surface area contributed by atoms with Crippen molar-refractivity contribution in [1.82, 2.24) is 4.90 Å². The number of anilines is 1. The summed E-state index contributed by atoms with van der Waals surface area (Å²) < 4.78 is 23.2. The third kappa shape index (κ3) is 2.62. The summed E-state index contributed by atoms with van der Waals surface area (Å²) in [4.78, 5) is 2.26. The highest BCUT2D eigenvalue weighted by Gasteiger charge is 2.34. The first-order valence-corrected chi connectivity index (χ1v) is 8.61. The Kier molecular flexibility index (Phi) is 3.27. The zero-order chi connectivity index (χ0) is 13.5. The molecular formula is C14H20N2O2S. The number of hydrogen-bond donors (Lipinski definition) is 1. The number of benzene rings is 1. The fourth-order valence-electron chi connectivity index (χ4n) is 3.11. The molecule has 2 aliphatic heterocycles. The molecule has 2 heterocycles. The Morgan fingerprint density at radius 1 is 1.26 bits per heavy atom. The van der Waals surface area contributed by atoms with E-state index in [1.54, 1.807) is 0 Å². The lowest BCUT2D eigenvalue weighted by molar-refractivity contribution is 0.191. The summed E-state index contributed by atoms with van der Waals surface area (Å²) in [7, 11) is -0.740. The van der Waals surface area contributed by atoms with E-state index in [4.69, 9.17) is 0 Å². The molecule has 2 atom stereocenters. The first kappa shape index (κ1) is 12.9. The third-order valence-corrected chi connectivity index (χ3v) is 6.11. The van der Waals surface area contributed by atoms with E-state index in [0.717, 1.165) is 19.4 Å². The highest BCUT2D eigenvalue weighted by atomic mass is 32.2.